The van der Waals surface area contributed by atoms with Crippen LogP contribution in [0.1, 0.15) is 22.3 Å². The topological polar surface area (TPSA) is 74.7 Å². The van der Waals surface area contributed by atoms with Crippen LogP contribution in [0.2, 0.25) is 0 Å². The van der Waals surface area contributed by atoms with Gasteiger partial charge >= 0.3 is 5.97 Å². The van der Waals surface area contributed by atoms with Crippen molar-refractivity contribution in [2.75, 3.05) is 18.6 Å². The predicted molar refractivity (Wildman–Crippen MR) is 71.9 cm³/mol. The van der Waals surface area contributed by atoms with Gasteiger partial charge in [-0.2, -0.15) is 0 Å². The molecule has 0 saturated carbocycles. The summed E-state index contributed by atoms with van der Waals surface area (Å²) in [5.41, 5.74) is 0.418. The van der Waals surface area contributed by atoms with E-state index in [-0.39, 0.29) is 23.1 Å². The number of nitrogens with zero attached hydrogens (tertiary/aromatic N) is 1. The summed E-state index contributed by atoms with van der Waals surface area (Å²) in [5, 5.41) is 8.89. The minimum atomic E-state index is -2.97. The second kappa shape index (κ2) is 5.49. The number of hydrogen-bond donors (Lipinski definition) is 1. The maximum atomic E-state index is 13.4. The van der Waals surface area contributed by atoms with E-state index in [1.54, 1.807) is 7.05 Å². The lowest BCUT2D eigenvalue weighted by Crippen LogP contribution is -2.32. The highest BCUT2D eigenvalue weighted by Gasteiger charge is 2.30. The Kier molecular flexibility index (Phi) is 4.10. The molecule has 0 spiro atoms. The molecule has 7 heteroatoms. The number of rotatable bonds is 4. The van der Waals surface area contributed by atoms with Crippen molar-refractivity contribution in [2.24, 2.45) is 0 Å². The number of benzene rings is 1. The third kappa shape index (κ3) is 3.55. The van der Waals surface area contributed by atoms with Crippen LogP contribution < -0.4 is 0 Å². The Balaban J connectivity index is 2.12. The van der Waals surface area contributed by atoms with Crippen LogP contribution in [0, 0.1) is 5.82 Å². The number of carbonyl (C=O) groups is 1. The maximum absolute atomic E-state index is 13.4. The van der Waals surface area contributed by atoms with E-state index >= 15 is 0 Å². The van der Waals surface area contributed by atoms with Gasteiger partial charge in [-0.3, -0.25) is 4.90 Å². The molecule has 0 radical (unpaired) electrons. The van der Waals surface area contributed by atoms with Gasteiger partial charge in [0.1, 0.15) is 5.82 Å². The molecule has 0 aliphatic carbocycles. The molecule has 1 N–H and O–H groups in total. The third-order valence-electron chi connectivity index (χ3n) is 3.47. The van der Waals surface area contributed by atoms with Crippen LogP contribution in [0.15, 0.2) is 18.2 Å². The molecule has 1 unspecified atom stereocenters. The Morgan fingerprint density at radius 1 is 1.45 bits per heavy atom. The molecule has 1 aliphatic rings. The van der Waals surface area contributed by atoms with Crippen molar-refractivity contribution in [3.8, 4) is 0 Å². The molecular formula is C13H16FNO4S. The lowest BCUT2D eigenvalue weighted by atomic mass is 10.1. The third-order valence-corrected chi connectivity index (χ3v) is 5.22. The van der Waals surface area contributed by atoms with Crippen molar-refractivity contribution in [2.45, 2.75) is 19.0 Å². The van der Waals surface area contributed by atoms with Crippen molar-refractivity contribution in [3.05, 3.63) is 35.1 Å². The summed E-state index contributed by atoms with van der Waals surface area (Å²) in [7, 11) is -1.21. The first-order valence-electron chi connectivity index (χ1n) is 6.20. The number of hydrogen-bond acceptors (Lipinski definition) is 4. The van der Waals surface area contributed by atoms with E-state index in [1.165, 1.54) is 12.1 Å². The summed E-state index contributed by atoms with van der Waals surface area (Å²) < 4.78 is 36.2. The van der Waals surface area contributed by atoms with Gasteiger partial charge in [-0.05, 0) is 37.2 Å². The lowest BCUT2D eigenvalue weighted by Gasteiger charge is -2.23. The van der Waals surface area contributed by atoms with E-state index in [0.29, 0.717) is 18.5 Å². The molecule has 1 saturated heterocycles. The van der Waals surface area contributed by atoms with Crippen molar-refractivity contribution >= 4 is 15.8 Å². The Hall–Kier alpha value is -1.47. The van der Waals surface area contributed by atoms with Crippen LogP contribution in [0.25, 0.3) is 0 Å². The molecule has 5 nitrogen and oxygen atoms in total. The van der Waals surface area contributed by atoms with Crippen LogP contribution in [0.5, 0.6) is 0 Å². The summed E-state index contributed by atoms with van der Waals surface area (Å²) in [5.74, 6) is -1.51. The van der Waals surface area contributed by atoms with Crippen LogP contribution >= 0.6 is 0 Å². The molecule has 1 aromatic carbocycles. The van der Waals surface area contributed by atoms with Gasteiger partial charge in [0.2, 0.25) is 0 Å². The number of carboxylic acid groups (broad SMARTS) is 1. The van der Waals surface area contributed by atoms with E-state index < -0.39 is 21.6 Å². The van der Waals surface area contributed by atoms with Crippen LogP contribution in [0.3, 0.4) is 0 Å². The summed E-state index contributed by atoms with van der Waals surface area (Å²) >= 11 is 0. The fraction of sp³-hybridized carbons (Fsp3) is 0.462. The van der Waals surface area contributed by atoms with Gasteiger partial charge in [-0.25, -0.2) is 17.6 Å². The van der Waals surface area contributed by atoms with Crippen molar-refractivity contribution < 1.29 is 22.7 Å². The van der Waals surface area contributed by atoms with Gasteiger partial charge in [0.15, 0.2) is 9.84 Å². The minimum Gasteiger partial charge on any atom is -0.478 e. The number of halogens is 1. The number of carboxylic acids is 1. The quantitative estimate of drug-likeness (QED) is 0.903. The Morgan fingerprint density at radius 2 is 2.15 bits per heavy atom. The van der Waals surface area contributed by atoms with Crippen LogP contribution in [-0.2, 0) is 16.4 Å². The molecule has 1 fully saturated rings. The molecule has 110 valence electrons. The van der Waals surface area contributed by atoms with E-state index in [0.717, 1.165) is 6.07 Å². The van der Waals surface area contributed by atoms with E-state index in [9.17, 15) is 17.6 Å². The zero-order valence-corrected chi connectivity index (χ0v) is 11.9. The maximum Gasteiger partial charge on any atom is 0.335 e. The fourth-order valence-electron chi connectivity index (χ4n) is 2.41. The molecule has 0 aromatic heterocycles. The summed E-state index contributed by atoms with van der Waals surface area (Å²) in [6.45, 7) is 0.318. The molecule has 1 aromatic rings. The largest absolute Gasteiger partial charge is 0.478 e. The van der Waals surface area contributed by atoms with Gasteiger partial charge in [0.25, 0.3) is 0 Å². The molecule has 1 aliphatic heterocycles. The van der Waals surface area contributed by atoms with E-state index in [1.807, 2.05) is 4.90 Å². The van der Waals surface area contributed by atoms with Crippen molar-refractivity contribution in [3.63, 3.8) is 0 Å². The monoisotopic (exact) mass is 301 g/mol. The number of aromatic carboxylic acids is 1. The Morgan fingerprint density at radius 3 is 2.70 bits per heavy atom. The van der Waals surface area contributed by atoms with Gasteiger partial charge < -0.3 is 5.11 Å². The average Bonchev–Trinajstić information content (AvgIpc) is 2.69. The minimum absolute atomic E-state index is 0.100. The van der Waals surface area contributed by atoms with Gasteiger partial charge in [-0.15, -0.1) is 0 Å². The Bertz CT molecular complexity index is 629. The highest BCUT2D eigenvalue weighted by atomic mass is 32.2. The zero-order chi connectivity index (χ0) is 14.9. The molecular weight excluding hydrogens is 285 g/mol. The van der Waals surface area contributed by atoms with Crippen LogP contribution in [-0.4, -0.2) is 49.0 Å². The van der Waals surface area contributed by atoms with Crippen molar-refractivity contribution in [1.29, 1.82) is 0 Å². The first-order chi connectivity index (χ1) is 9.27. The standard InChI is InChI=1S/C13H16FNO4S/c1-15(12-2-3-20(18,19)8-12)7-9-4-10(13(16)17)6-11(14)5-9/h4-6,12H,2-3,7-8H2,1H3,(H,16,17). The van der Waals surface area contributed by atoms with E-state index in [4.69, 9.17) is 5.11 Å². The first kappa shape index (κ1) is 14.9. The molecule has 1 atom stereocenters. The first-order valence-corrected chi connectivity index (χ1v) is 8.02. The zero-order valence-electron chi connectivity index (χ0n) is 11.0. The molecule has 0 amide bonds. The fourth-order valence-corrected chi connectivity index (χ4v) is 4.21. The van der Waals surface area contributed by atoms with Crippen molar-refractivity contribution in [1.82, 2.24) is 4.90 Å². The summed E-state index contributed by atoms with van der Waals surface area (Å²) in [6, 6.07) is 3.54. The highest BCUT2D eigenvalue weighted by molar-refractivity contribution is 7.91. The molecule has 1 heterocycles. The second-order valence-corrected chi connectivity index (χ2v) is 7.35. The summed E-state index contributed by atoms with van der Waals surface area (Å²) in [6.07, 6.45) is 0.555. The molecule has 2 rings (SSSR count). The SMILES string of the molecule is CN(Cc1cc(F)cc(C(=O)O)c1)C1CCS(=O)(=O)C1. The van der Waals surface area contributed by atoms with Crippen LogP contribution in [0.4, 0.5) is 4.39 Å². The Labute approximate surface area is 116 Å². The molecule has 0 bridgehead atoms. The second-order valence-electron chi connectivity index (χ2n) is 5.13. The normalized spacial score (nSPS) is 21.2. The summed E-state index contributed by atoms with van der Waals surface area (Å²) in [4.78, 5) is 12.7. The number of sulfone groups is 1. The molecule has 20 heavy (non-hydrogen) atoms. The lowest BCUT2D eigenvalue weighted by molar-refractivity contribution is 0.0696. The van der Waals surface area contributed by atoms with Gasteiger partial charge in [0.05, 0.1) is 17.1 Å². The van der Waals surface area contributed by atoms with Gasteiger partial charge in [0, 0.05) is 12.6 Å². The average molecular weight is 301 g/mol. The van der Waals surface area contributed by atoms with E-state index in [2.05, 4.69) is 0 Å². The highest BCUT2D eigenvalue weighted by Crippen LogP contribution is 2.19. The smallest absolute Gasteiger partial charge is 0.335 e. The van der Waals surface area contributed by atoms with Gasteiger partial charge in [-0.1, -0.05) is 0 Å². The predicted octanol–water partition coefficient (Wildman–Crippen LogP) is 1.14.